The smallest absolute Gasteiger partial charge is 0.135 e. The zero-order valence-corrected chi connectivity index (χ0v) is 17.9. The van der Waals surface area contributed by atoms with Crippen LogP contribution in [0, 0.1) is 13.8 Å². The summed E-state index contributed by atoms with van der Waals surface area (Å²) in [5.41, 5.74) is 9.12. The summed E-state index contributed by atoms with van der Waals surface area (Å²) in [6.45, 7) is 4.26. The van der Waals surface area contributed by atoms with E-state index >= 15 is 0 Å². The van der Waals surface area contributed by atoms with Gasteiger partial charge in [-0.05, 0) is 92.8 Å². The summed E-state index contributed by atoms with van der Waals surface area (Å²) in [7, 11) is 0. The molecule has 0 radical (unpaired) electrons. The lowest BCUT2D eigenvalue weighted by Crippen LogP contribution is -1.90. The Morgan fingerprint density at radius 1 is 0.484 bits per heavy atom. The van der Waals surface area contributed by atoms with Crippen LogP contribution < -0.4 is 0 Å². The predicted molar refractivity (Wildman–Crippen MR) is 129 cm³/mol. The van der Waals surface area contributed by atoms with Gasteiger partial charge >= 0.3 is 0 Å². The molecule has 0 aliphatic carbocycles. The van der Waals surface area contributed by atoms with Crippen molar-refractivity contribution in [2.75, 3.05) is 0 Å². The summed E-state index contributed by atoms with van der Waals surface area (Å²) >= 11 is 0. The first-order chi connectivity index (χ1) is 15.1. The van der Waals surface area contributed by atoms with E-state index in [4.69, 9.17) is 8.83 Å². The monoisotopic (exact) mass is 404 g/mol. The highest BCUT2D eigenvalue weighted by Gasteiger charge is 2.10. The molecule has 2 heterocycles. The van der Waals surface area contributed by atoms with Gasteiger partial charge in [-0.25, -0.2) is 0 Å². The first-order valence-corrected chi connectivity index (χ1v) is 11.0. The van der Waals surface area contributed by atoms with Gasteiger partial charge in [0.2, 0.25) is 0 Å². The van der Waals surface area contributed by atoms with Crippen LogP contribution in [0.2, 0.25) is 0 Å². The van der Waals surface area contributed by atoms with Crippen molar-refractivity contribution in [2.24, 2.45) is 0 Å². The Hall–Kier alpha value is -3.52. The molecule has 4 aromatic carbocycles. The first kappa shape index (κ1) is 18.3. The minimum atomic E-state index is 0.966. The molecular weight excluding hydrogens is 380 g/mol. The van der Waals surface area contributed by atoms with Crippen molar-refractivity contribution in [3.63, 3.8) is 0 Å². The van der Waals surface area contributed by atoms with Crippen LogP contribution in [-0.2, 0) is 12.8 Å². The second-order valence-corrected chi connectivity index (χ2v) is 8.72. The number of aryl methyl sites for hydroxylation is 4. The maximum Gasteiger partial charge on any atom is 0.135 e. The molecule has 0 atom stereocenters. The van der Waals surface area contributed by atoms with E-state index in [2.05, 4.69) is 86.6 Å². The van der Waals surface area contributed by atoms with E-state index in [0.717, 1.165) is 41.6 Å². The minimum absolute atomic E-state index is 0.966. The largest absolute Gasteiger partial charge is 0.456 e. The van der Waals surface area contributed by atoms with Crippen molar-refractivity contribution < 1.29 is 8.83 Å². The van der Waals surface area contributed by atoms with Gasteiger partial charge < -0.3 is 8.83 Å². The van der Waals surface area contributed by atoms with E-state index < -0.39 is 0 Å². The fourth-order valence-electron chi connectivity index (χ4n) is 4.68. The lowest BCUT2D eigenvalue weighted by molar-refractivity contribution is 0.668. The Morgan fingerprint density at radius 3 is 1.32 bits per heavy atom. The SMILES string of the molecule is Cc1ccc2oc3ccc(CCCc4ccc5oc6ccc(C)cc6c5c4)cc3c2c1. The molecule has 0 bridgehead atoms. The molecule has 2 heteroatoms. The van der Waals surface area contributed by atoms with Crippen molar-refractivity contribution in [1.29, 1.82) is 0 Å². The Labute approximate surface area is 181 Å². The molecule has 152 valence electrons. The molecule has 0 aliphatic heterocycles. The van der Waals surface area contributed by atoms with E-state index in [1.54, 1.807) is 0 Å². The molecule has 6 aromatic rings. The fraction of sp³-hybridized carbons (Fsp3) is 0.172. The number of hydrogen-bond donors (Lipinski definition) is 0. The predicted octanol–water partition coefficient (Wildman–Crippen LogP) is 8.28. The molecule has 2 aromatic heterocycles. The quantitative estimate of drug-likeness (QED) is 0.295. The highest BCUT2D eigenvalue weighted by atomic mass is 16.3. The molecule has 6 rings (SSSR count). The van der Waals surface area contributed by atoms with E-state index in [0.29, 0.717) is 0 Å². The molecule has 0 saturated carbocycles. The van der Waals surface area contributed by atoms with Crippen molar-refractivity contribution in [1.82, 2.24) is 0 Å². The van der Waals surface area contributed by atoms with Crippen LogP contribution in [0.25, 0.3) is 43.9 Å². The van der Waals surface area contributed by atoms with Crippen LogP contribution >= 0.6 is 0 Å². The van der Waals surface area contributed by atoms with Gasteiger partial charge in [0.15, 0.2) is 0 Å². The number of benzene rings is 4. The van der Waals surface area contributed by atoms with Crippen LogP contribution in [0.15, 0.2) is 81.6 Å². The van der Waals surface area contributed by atoms with Crippen LogP contribution in [0.5, 0.6) is 0 Å². The molecule has 0 aliphatic rings. The van der Waals surface area contributed by atoms with E-state index in [1.165, 1.54) is 43.8 Å². The van der Waals surface area contributed by atoms with E-state index in [9.17, 15) is 0 Å². The standard InChI is InChI=1S/C29H24O2/c1-18-6-10-26-22(14-18)24-16-20(8-12-28(24)30-26)4-3-5-21-9-13-29-25(17-21)23-15-19(2)7-11-27(23)31-29/h6-17H,3-5H2,1-2H3. The Morgan fingerprint density at radius 2 is 0.871 bits per heavy atom. The average Bonchev–Trinajstić information content (AvgIpc) is 3.31. The lowest BCUT2D eigenvalue weighted by Gasteiger charge is -2.04. The average molecular weight is 405 g/mol. The summed E-state index contributed by atoms with van der Waals surface area (Å²) < 4.78 is 12.0. The van der Waals surface area contributed by atoms with Crippen LogP contribution in [-0.4, -0.2) is 0 Å². The number of hydrogen-bond acceptors (Lipinski definition) is 2. The summed E-state index contributed by atoms with van der Waals surface area (Å²) in [6, 6.07) is 26.0. The van der Waals surface area contributed by atoms with Crippen molar-refractivity contribution >= 4 is 43.9 Å². The fourth-order valence-corrected chi connectivity index (χ4v) is 4.68. The molecule has 2 nitrogen and oxygen atoms in total. The van der Waals surface area contributed by atoms with Gasteiger partial charge in [0.25, 0.3) is 0 Å². The number of rotatable bonds is 4. The third kappa shape index (κ3) is 3.19. The second kappa shape index (κ2) is 7.02. The van der Waals surface area contributed by atoms with Gasteiger partial charge in [0.1, 0.15) is 22.3 Å². The molecule has 31 heavy (non-hydrogen) atoms. The molecule has 0 fully saturated rings. The third-order valence-corrected chi connectivity index (χ3v) is 6.31. The molecule has 0 spiro atoms. The van der Waals surface area contributed by atoms with Gasteiger partial charge in [-0.2, -0.15) is 0 Å². The summed E-state index contributed by atoms with van der Waals surface area (Å²) in [6.07, 6.45) is 3.22. The van der Waals surface area contributed by atoms with Gasteiger partial charge in [-0.15, -0.1) is 0 Å². The van der Waals surface area contributed by atoms with Crippen molar-refractivity contribution in [2.45, 2.75) is 33.1 Å². The van der Waals surface area contributed by atoms with E-state index in [1.807, 2.05) is 0 Å². The Bertz CT molecular complexity index is 1460. The van der Waals surface area contributed by atoms with Gasteiger partial charge in [0, 0.05) is 21.5 Å². The summed E-state index contributed by atoms with van der Waals surface area (Å²) in [4.78, 5) is 0. The van der Waals surface area contributed by atoms with Crippen molar-refractivity contribution in [3.8, 4) is 0 Å². The normalized spacial score (nSPS) is 11.9. The molecule has 0 N–H and O–H groups in total. The van der Waals surface area contributed by atoms with Crippen LogP contribution in [0.1, 0.15) is 28.7 Å². The summed E-state index contributed by atoms with van der Waals surface area (Å²) in [5.74, 6) is 0. The maximum atomic E-state index is 6.00. The lowest BCUT2D eigenvalue weighted by atomic mass is 10.0. The molecule has 0 unspecified atom stereocenters. The van der Waals surface area contributed by atoms with E-state index in [-0.39, 0.29) is 0 Å². The van der Waals surface area contributed by atoms with Crippen LogP contribution in [0.3, 0.4) is 0 Å². The zero-order chi connectivity index (χ0) is 20.9. The summed E-state index contributed by atoms with van der Waals surface area (Å²) in [5, 5.41) is 4.87. The Balaban J connectivity index is 1.25. The van der Waals surface area contributed by atoms with Gasteiger partial charge in [-0.3, -0.25) is 0 Å². The number of furan rings is 2. The highest BCUT2D eigenvalue weighted by Crippen LogP contribution is 2.32. The molecule has 0 amide bonds. The second-order valence-electron chi connectivity index (χ2n) is 8.72. The topological polar surface area (TPSA) is 26.3 Å². The highest BCUT2D eigenvalue weighted by molar-refractivity contribution is 6.06. The minimum Gasteiger partial charge on any atom is -0.456 e. The van der Waals surface area contributed by atoms with Crippen molar-refractivity contribution in [3.05, 3.63) is 95.1 Å². The molecular formula is C29H24O2. The first-order valence-electron chi connectivity index (χ1n) is 11.0. The van der Waals surface area contributed by atoms with Crippen LogP contribution in [0.4, 0.5) is 0 Å². The third-order valence-electron chi connectivity index (χ3n) is 6.31. The molecule has 0 saturated heterocycles. The van der Waals surface area contributed by atoms with Gasteiger partial charge in [-0.1, -0.05) is 35.4 Å². The Kier molecular flexibility index (Phi) is 4.14. The zero-order valence-electron chi connectivity index (χ0n) is 17.9. The maximum absolute atomic E-state index is 6.00. The number of fused-ring (bicyclic) bond motifs is 6. The van der Waals surface area contributed by atoms with Gasteiger partial charge in [0.05, 0.1) is 0 Å².